The molecule has 1 N–H and O–H groups in total. The highest BCUT2D eigenvalue weighted by Crippen LogP contribution is 2.18. The topological polar surface area (TPSA) is 77.6 Å². The molecule has 1 saturated heterocycles. The largest absolute Gasteiger partial charge is 0.376 e. The van der Waals surface area contributed by atoms with E-state index < -0.39 is 0 Å². The van der Waals surface area contributed by atoms with Crippen LogP contribution in [0.3, 0.4) is 0 Å². The maximum absolute atomic E-state index is 13.1. The van der Waals surface area contributed by atoms with Crippen molar-refractivity contribution >= 4 is 11.4 Å². The molecule has 7 nitrogen and oxygen atoms in total. The van der Waals surface area contributed by atoms with Gasteiger partial charge in [0.25, 0.3) is 5.56 Å². The number of carbonyl (C=O) groups excluding carboxylic acids is 1. The Morgan fingerprint density at radius 3 is 2.86 bits per heavy atom. The second kappa shape index (κ2) is 7.93. The minimum absolute atomic E-state index is 0.0969. The number of halogens is 1. The summed E-state index contributed by atoms with van der Waals surface area (Å²) >= 11 is 0. The van der Waals surface area contributed by atoms with E-state index in [9.17, 15) is 14.0 Å². The van der Waals surface area contributed by atoms with E-state index in [1.807, 2.05) is 0 Å². The first-order chi connectivity index (χ1) is 13.6. The third-order valence-electron chi connectivity index (χ3n) is 4.87. The summed E-state index contributed by atoms with van der Waals surface area (Å²) in [5.41, 5.74) is 1.49. The van der Waals surface area contributed by atoms with Crippen LogP contribution in [0.5, 0.6) is 0 Å². The number of hydrogen-bond acceptors (Lipinski definition) is 4. The molecular weight excluding hydrogens is 363 g/mol. The second-order valence-corrected chi connectivity index (χ2v) is 6.85. The van der Waals surface area contributed by atoms with Crippen LogP contribution >= 0.6 is 0 Å². The lowest BCUT2D eigenvalue weighted by Crippen LogP contribution is -2.33. The molecule has 1 fully saturated rings. The molecule has 1 atom stereocenters. The van der Waals surface area contributed by atoms with Crippen molar-refractivity contribution in [3.8, 4) is 11.3 Å². The van der Waals surface area contributed by atoms with Gasteiger partial charge in [-0.25, -0.2) is 8.91 Å². The van der Waals surface area contributed by atoms with E-state index in [2.05, 4.69) is 10.4 Å². The first-order valence-corrected chi connectivity index (χ1v) is 9.33. The van der Waals surface area contributed by atoms with Gasteiger partial charge in [-0.05, 0) is 43.2 Å². The van der Waals surface area contributed by atoms with Crippen LogP contribution in [-0.2, 0) is 16.1 Å². The monoisotopic (exact) mass is 384 g/mol. The molecule has 0 spiro atoms. The number of hydrogen-bond donors (Lipinski definition) is 1. The second-order valence-electron chi connectivity index (χ2n) is 6.85. The van der Waals surface area contributed by atoms with E-state index in [0.29, 0.717) is 17.8 Å². The van der Waals surface area contributed by atoms with Crippen molar-refractivity contribution in [2.45, 2.75) is 31.9 Å². The Hall–Kier alpha value is -3.00. The Bertz CT molecular complexity index is 1040. The van der Waals surface area contributed by atoms with Gasteiger partial charge in [0.1, 0.15) is 11.3 Å². The van der Waals surface area contributed by atoms with Crippen LogP contribution in [0.25, 0.3) is 16.8 Å². The van der Waals surface area contributed by atoms with Crippen LogP contribution in [0.1, 0.15) is 19.3 Å². The SMILES string of the molecule is O=C(CCn1ccn2nc(-c3ccc(F)cc3)cc2c1=O)NC[C@H]1CCCO1. The molecule has 8 heteroatoms. The number of aryl methyl sites for hydroxylation is 1. The van der Waals surface area contributed by atoms with E-state index in [1.165, 1.54) is 21.2 Å². The van der Waals surface area contributed by atoms with Crippen LogP contribution in [0.15, 0.2) is 47.5 Å². The van der Waals surface area contributed by atoms with E-state index in [4.69, 9.17) is 4.74 Å². The number of fused-ring (bicyclic) bond motifs is 1. The lowest BCUT2D eigenvalue weighted by Gasteiger charge is -2.11. The fourth-order valence-corrected chi connectivity index (χ4v) is 3.31. The predicted molar refractivity (Wildman–Crippen MR) is 101 cm³/mol. The van der Waals surface area contributed by atoms with Gasteiger partial charge in [0.15, 0.2) is 0 Å². The van der Waals surface area contributed by atoms with E-state index >= 15 is 0 Å². The van der Waals surface area contributed by atoms with Crippen molar-refractivity contribution in [1.82, 2.24) is 19.5 Å². The zero-order chi connectivity index (χ0) is 19.5. The molecule has 2 aromatic heterocycles. The summed E-state index contributed by atoms with van der Waals surface area (Å²) in [7, 11) is 0. The van der Waals surface area contributed by atoms with Gasteiger partial charge in [-0.2, -0.15) is 5.10 Å². The summed E-state index contributed by atoms with van der Waals surface area (Å²) in [6.45, 7) is 1.54. The summed E-state index contributed by atoms with van der Waals surface area (Å²) in [6, 6.07) is 7.62. The molecule has 1 aliphatic rings. The third kappa shape index (κ3) is 3.96. The van der Waals surface area contributed by atoms with Gasteiger partial charge >= 0.3 is 0 Å². The molecule has 0 unspecified atom stereocenters. The van der Waals surface area contributed by atoms with Crippen molar-refractivity contribution in [3.63, 3.8) is 0 Å². The molecular formula is C20H21FN4O3. The average molecular weight is 384 g/mol. The number of benzene rings is 1. The van der Waals surface area contributed by atoms with Gasteiger partial charge < -0.3 is 14.6 Å². The van der Waals surface area contributed by atoms with E-state index in [0.717, 1.165) is 25.0 Å². The van der Waals surface area contributed by atoms with Crippen molar-refractivity contribution in [2.24, 2.45) is 0 Å². The fourth-order valence-electron chi connectivity index (χ4n) is 3.31. The van der Waals surface area contributed by atoms with Gasteiger partial charge in [-0.3, -0.25) is 9.59 Å². The Balaban J connectivity index is 1.44. The molecule has 0 radical (unpaired) electrons. The summed E-state index contributed by atoms with van der Waals surface area (Å²) < 4.78 is 21.6. The minimum Gasteiger partial charge on any atom is -0.376 e. The Morgan fingerprint density at radius 1 is 1.29 bits per heavy atom. The molecule has 0 saturated carbocycles. The number of aromatic nitrogens is 3. The van der Waals surface area contributed by atoms with Gasteiger partial charge in [0, 0.05) is 44.1 Å². The fraction of sp³-hybridized carbons (Fsp3) is 0.350. The van der Waals surface area contributed by atoms with Gasteiger partial charge in [0.05, 0.1) is 11.8 Å². The highest BCUT2D eigenvalue weighted by molar-refractivity contribution is 5.75. The van der Waals surface area contributed by atoms with Gasteiger partial charge in [-0.1, -0.05) is 0 Å². The van der Waals surface area contributed by atoms with Crippen molar-refractivity contribution in [2.75, 3.05) is 13.2 Å². The molecule has 4 rings (SSSR count). The summed E-state index contributed by atoms with van der Waals surface area (Å²) in [5, 5.41) is 7.23. The zero-order valence-corrected chi connectivity index (χ0v) is 15.3. The summed E-state index contributed by atoms with van der Waals surface area (Å²) in [4.78, 5) is 24.7. The molecule has 28 heavy (non-hydrogen) atoms. The number of amides is 1. The molecule has 0 aliphatic carbocycles. The number of rotatable bonds is 6. The third-order valence-corrected chi connectivity index (χ3v) is 4.87. The van der Waals surface area contributed by atoms with Gasteiger partial charge in [0.2, 0.25) is 5.91 Å². The van der Waals surface area contributed by atoms with Crippen LogP contribution < -0.4 is 10.9 Å². The number of carbonyl (C=O) groups is 1. The molecule has 1 amide bonds. The van der Waals surface area contributed by atoms with Crippen molar-refractivity contribution in [1.29, 1.82) is 0 Å². The maximum Gasteiger partial charge on any atom is 0.276 e. The van der Waals surface area contributed by atoms with Crippen LogP contribution in [0.4, 0.5) is 4.39 Å². The van der Waals surface area contributed by atoms with Crippen molar-refractivity contribution in [3.05, 3.63) is 58.9 Å². The molecule has 146 valence electrons. The number of nitrogens with one attached hydrogen (secondary N) is 1. The lowest BCUT2D eigenvalue weighted by molar-refractivity contribution is -0.121. The quantitative estimate of drug-likeness (QED) is 0.705. The summed E-state index contributed by atoms with van der Waals surface area (Å²) in [6.07, 6.45) is 5.59. The first kappa shape index (κ1) is 18.4. The molecule has 3 heterocycles. The normalized spacial score (nSPS) is 16.5. The van der Waals surface area contributed by atoms with E-state index in [1.54, 1.807) is 30.6 Å². The Labute approximate surface area is 160 Å². The Kier molecular flexibility index (Phi) is 5.21. The van der Waals surface area contributed by atoms with Crippen LogP contribution in [-0.4, -0.2) is 39.3 Å². The van der Waals surface area contributed by atoms with Crippen molar-refractivity contribution < 1.29 is 13.9 Å². The van der Waals surface area contributed by atoms with Crippen LogP contribution in [0.2, 0.25) is 0 Å². The standard InChI is InChI=1S/C20H21FN4O3/c21-15-5-3-14(4-6-15)17-12-18-20(27)24(9-10-25(18)23-17)8-7-19(26)22-13-16-2-1-11-28-16/h3-6,9-10,12,16H,1-2,7-8,11,13H2,(H,22,26)/t16-/m1/s1. The number of nitrogens with zero attached hydrogens (tertiary/aromatic N) is 3. The Morgan fingerprint density at radius 2 is 2.11 bits per heavy atom. The number of ether oxygens (including phenoxy) is 1. The molecule has 3 aromatic rings. The smallest absolute Gasteiger partial charge is 0.276 e. The first-order valence-electron chi connectivity index (χ1n) is 9.33. The molecule has 0 bridgehead atoms. The van der Waals surface area contributed by atoms with Gasteiger partial charge in [-0.15, -0.1) is 0 Å². The lowest BCUT2D eigenvalue weighted by atomic mass is 10.1. The highest BCUT2D eigenvalue weighted by Gasteiger charge is 2.16. The highest BCUT2D eigenvalue weighted by atomic mass is 19.1. The van der Waals surface area contributed by atoms with E-state index in [-0.39, 0.29) is 36.4 Å². The molecule has 1 aliphatic heterocycles. The van der Waals surface area contributed by atoms with Crippen LogP contribution in [0, 0.1) is 5.82 Å². The summed E-state index contributed by atoms with van der Waals surface area (Å²) in [5.74, 6) is -0.435. The maximum atomic E-state index is 13.1. The predicted octanol–water partition coefficient (Wildman–Crippen LogP) is 1.99. The molecule has 1 aromatic carbocycles. The average Bonchev–Trinajstić information content (AvgIpc) is 3.36. The minimum atomic E-state index is -0.326. The zero-order valence-electron chi connectivity index (χ0n) is 15.3.